The average Bonchev–Trinajstić information content (AvgIpc) is 2.95. The number of hydrogen-bond donors (Lipinski definition) is 2. The number of amides is 1. The van der Waals surface area contributed by atoms with Gasteiger partial charge in [-0.25, -0.2) is 0 Å². The van der Waals surface area contributed by atoms with Crippen LogP contribution in [0.1, 0.15) is 16.1 Å². The molecule has 2 aromatic heterocycles. The summed E-state index contributed by atoms with van der Waals surface area (Å²) in [7, 11) is 1.80. The number of carbonyl (C=O) groups excluding carboxylic acids is 1. The van der Waals surface area contributed by atoms with E-state index < -0.39 is 0 Å². The lowest BCUT2D eigenvalue weighted by atomic mass is 10.1. The Hall–Kier alpha value is -2.56. The van der Waals surface area contributed by atoms with Gasteiger partial charge < -0.3 is 10.3 Å². The molecule has 0 saturated heterocycles. The Balaban J connectivity index is 1.89. The summed E-state index contributed by atoms with van der Waals surface area (Å²) in [5.74, 6) is 0.558. The van der Waals surface area contributed by atoms with Crippen LogP contribution in [0.2, 0.25) is 0 Å². The zero-order chi connectivity index (χ0) is 13.4. The van der Waals surface area contributed by atoms with Gasteiger partial charge in [0, 0.05) is 35.8 Å². The molecule has 5 nitrogen and oxygen atoms in total. The van der Waals surface area contributed by atoms with Crippen LogP contribution in [0, 0.1) is 6.92 Å². The zero-order valence-corrected chi connectivity index (χ0v) is 10.8. The van der Waals surface area contributed by atoms with E-state index in [0.29, 0.717) is 11.4 Å². The summed E-state index contributed by atoms with van der Waals surface area (Å²) in [6.45, 7) is 1.89. The van der Waals surface area contributed by atoms with Gasteiger partial charge in [0.15, 0.2) is 0 Å². The Bertz CT molecular complexity index is 754. The Morgan fingerprint density at radius 2 is 2.16 bits per heavy atom. The Morgan fingerprint density at radius 3 is 2.89 bits per heavy atom. The highest BCUT2D eigenvalue weighted by atomic mass is 16.1. The van der Waals surface area contributed by atoms with Crippen LogP contribution in [0.3, 0.4) is 0 Å². The lowest BCUT2D eigenvalue weighted by Crippen LogP contribution is -2.14. The van der Waals surface area contributed by atoms with Gasteiger partial charge in [0.2, 0.25) is 0 Å². The highest BCUT2D eigenvalue weighted by Crippen LogP contribution is 2.16. The summed E-state index contributed by atoms with van der Waals surface area (Å²) in [6, 6.07) is 9.35. The van der Waals surface area contributed by atoms with E-state index in [0.717, 1.165) is 16.6 Å². The molecule has 5 heteroatoms. The molecular weight excluding hydrogens is 240 g/mol. The van der Waals surface area contributed by atoms with Crippen molar-refractivity contribution < 1.29 is 4.79 Å². The first-order valence-corrected chi connectivity index (χ1v) is 6.02. The number of benzene rings is 1. The molecule has 2 N–H and O–H groups in total. The summed E-state index contributed by atoms with van der Waals surface area (Å²) < 4.78 is 1.65. The molecule has 3 aromatic rings. The minimum atomic E-state index is -0.133. The molecule has 0 aliphatic heterocycles. The first-order valence-electron chi connectivity index (χ1n) is 6.02. The van der Waals surface area contributed by atoms with Crippen molar-refractivity contribution in [3.8, 4) is 0 Å². The minimum Gasteiger partial charge on any atom is -0.361 e. The van der Waals surface area contributed by atoms with E-state index in [1.54, 1.807) is 17.8 Å². The second-order valence-corrected chi connectivity index (χ2v) is 4.53. The Kier molecular flexibility index (Phi) is 2.59. The van der Waals surface area contributed by atoms with Gasteiger partial charge in [0.1, 0.15) is 5.82 Å². The number of anilines is 1. The predicted molar refractivity (Wildman–Crippen MR) is 74.2 cm³/mol. The quantitative estimate of drug-likeness (QED) is 0.738. The number of hydrogen-bond acceptors (Lipinski definition) is 2. The molecule has 0 radical (unpaired) electrons. The van der Waals surface area contributed by atoms with Crippen LogP contribution in [0.5, 0.6) is 0 Å². The molecule has 1 amide bonds. The fourth-order valence-corrected chi connectivity index (χ4v) is 2.11. The van der Waals surface area contributed by atoms with Gasteiger partial charge in [-0.2, -0.15) is 5.10 Å². The maximum Gasteiger partial charge on any atom is 0.256 e. The van der Waals surface area contributed by atoms with Crippen LogP contribution in [0.25, 0.3) is 10.9 Å². The lowest BCUT2D eigenvalue weighted by Gasteiger charge is -2.05. The van der Waals surface area contributed by atoms with Crippen molar-refractivity contribution in [1.82, 2.24) is 14.8 Å². The molecule has 0 atom stereocenters. The van der Waals surface area contributed by atoms with E-state index in [2.05, 4.69) is 15.4 Å². The maximum atomic E-state index is 12.2. The van der Waals surface area contributed by atoms with E-state index in [4.69, 9.17) is 0 Å². The third-order valence-corrected chi connectivity index (χ3v) is 3.06. The number of rotatable bonds is 2. The van der Waals surface area contributed by atoms with E-state index in [1.807, 2.05) is 37.4 Å². The molecule has 3 rings (SSSR count). The number of aromatic amines is 1. The van der Waals surface area contributed by atoms with Crippen molar-refractivity contribution in [3.63, 3.8) is 0 Å². The molecule has 0 fully saturated rings. The van der Waals surface area contributed by atoms with Gasteiger partial charge >= 0.3 is 0 Å². The average molecular weight is 254 g/mol. The van der Waals surface area contributed by atoms with E-state index >= 15 is 0 Å². The third-order valence-electron chi connectivity index (χ3n) is 3.06. The van der Waals surface area contributed by atoms with Crippen molar-refractivity contribution in [2.75, 3.05) is 5.32 Å². The number of carbonyl (C=O) groups is 1. The largest absolute Gasteiger partial charge is 0.361 e. The molecule has 19 heavy (non-hydrogen) atoms. The molecule has 0 spiro atoms. The topological polar surface area (TPSA) is 62.7 Å². The number of nitrogens with one attached hydrogen (secondary N) is 2. The van der Waals surface area contributed by atoms with Gasteiger partial charge in [-0.15, -0.1) is 0 Å². The second kappa shape index (κ2) is 4.28. The summed E-state index contributed by atoms with van der Waals surface area (Å²) in [4.78, 5) is 15.3. The monoisotopic (exact) mass is 254 g/mol. The van der Waals surface area contributed by atoms with Gasteiger partial charge in [-0.3, -0.25) is 9.48 Å². The molecule has 0 aliphatic rings. The van der Waals surface area contributed by atoms with Crippen molar-refractivity contribution in [2.45, 2.75) is 6.92 Å². The minimum absolute atomic E-state index is 0.133. The summed E-state index contributed by atoms with van der Waals surface area (Å²) in [6.07, 6.45) is 1.86. The molecular formula is C14H14N4O. The summed E-state index contributed by atoms with van der Waals surface area (Å²) in [5.41, 5.74) is 2.53. The standard InChI is InChI=1S/C14H14N4O/c1-9-7-13(18(2)17-9)16-14(19)11-3-4-12-10(8-11)5-6-15-12/h3-8,15H,1-2H3,(H,16,19). The lowest BCUT2D eigenvalue weighted by molar-refractivity contribution is 0.102. The van der Waals surface area contributed by atoms with Crippen LogP contribution in [0.15, 0.2) is 36.5 Å². The molecule has 0 saturated carbocycles. The van der Waals surface area contributed by atoms with Gasteiger partial charge in [0.25, 0.3) is 5.91 Å². The first-order chi connectivity index (χ1) is 9.13. The Labute approximate surface area is 110 Å². The van der Waals surface area contributed by atoms with Crippen molar-refractivity contribution in [3.05, 3.63) is 47.8 Å². The fourth-order valence-electron chi connectivity index (χ4n) is 2.11. The van der Waals surface area contributed by atoms with E-state index in [9.17, 15) is 4.79 Å². The highest BCUT2D eigenvalue weighted by Gasteiger charge is 2.10. The molecule has 2 heterocycles. The van der Waals surface area contributed by atoms with Crippen LogP contribution >= 0.6 is 0 Å². The number of H-pyrrole nitrogens is 1. The third kappa shape index (κ3) is 2.10. The number of fused-ring (bicyclic) bond motifs is 1. The SMILES string of the molecule is Cc1cc(NC(=O)c2ccc3[nH]ccc3c2)n(C)n1. The first kappa shape index (κ1) is 11.5. The van der Waals surface area contributed by atoms with Crippen molar-refractivity contribution in [1.29, 1.82) is 0 Å². The van der Waals surface area contributed by atoms with Gasteiger partial charge in [-0.1, -0.05) is 0 Å². The fraction of sp³-hybridized carbons (Fsp3) is 0.143. The zero-order valence-electron chi connectivity index (χ0n) is 10.8. The normalized spacial score (nSPS) is 10.8. The number of aryl methyl sites for hydroxylation is 2. The molecule has 0 unspecified atom stereocenters. The van der Waals surface area contributed by atoms with E-state index in [-0.39, 0.29) is 5.91 Å². The maximum absolute atomic E-state index is 12.2. The number of aromatic nitrogens is 3. The van der Waals surface area contributed by atoms with Crippen molar-refractivity contribution in [2.24, 2.45) is 7.05 Å². The van der Waals surface area contributed by atoms with Gasteiger partial charge in [0.05, 0.1) is 5.69 Å². The second-order valence-electron chi connectivity index (χ2n) is 4.53. The summed E-state index contributed by atoms with van der Waals surface area (Å²) >= 11 is 0. The van der Waals surface area contributed by atoms with Crippen molar-refractivity contribution >= 4 is 22.6 Å². The molecule has 96 valence electrons. The Morgan fingerprint density at radius 1 is 1.32 bits per heavy atom. The smallest absolute Gasteiger partial charge is 0.256 e. The van der Waals surface area contributed by atoms with Crippen LogP contribution in [-0.2, 0) is 7.05 Å². The van der Waals surface area contributed by atoms with Gasteiger partial charge in [-0.05, 0) is 31.2 Å². The van der Waals surface area contributed by atoms with Crippen LogP contribution in [-0.4, -0.2) is 20.7 Å². The van der Waals surface area contributed by atoms with E-state index in [1.165, 1.54) is 0 Å². The summed E-state index contributed by atoms with van der Waals surface area (Å²) in [5, 5.41) is 8.07. The predicted octanol–water partition coefficient (Wildman–Crippen LogP) is 2.46. The van der Waals surface area contributed by atoms with Crippen LogP contribution < -0.4 is 5.32 Å². The van der Waals surface area contributed by atoms with Crippen LogP contribution in [0.4, 0.5) is 5.82 Å². The molecule has 1 aromatic carbocycles. The molecule has 0 aliphatic carbocycles. The molecule has 0 bridgehead atoms. The highest BCUT2D eigenvalue weighted by molar-refractivity contribution is 6.05. The number of nitrogens with zero attached hydrogens (tertiary/aromatic N) is 2.